The van der Waals surface area contributed by atoms with Gasteiger partial charge in [0.15, 0.2) is 5.82 Å². The Hall–Kier alpha value is -3.00. The van der Waals surface area contributed by atoms with Crippen LogP contribution >= 0.6 is 11.8 Å². The summed E-state index contributed by atoms with van der Waals surface area (Å²) in [5.74, 6) is 7.80. The van der Waals surface area contributed by atoms with E-state index >= 15 is 0 Å². The van der Waals surface area contributed by atoms with Crippen molar-refractivity contribution >= 4 is 23.4 Å². The van der Waals surface area contributed by atoms with Gasteiger partial charge in [0.2, 0.25) is 11.1 Å². The van der Waals surface area contributed by atoms with Gasteiger partial charge in [0.1, 0.15) is 5.75 Å². The van der Waals surface area contributed by atoms with E-state index in [1.54, 1.807) is 0 Å². The Morgan fingerprint density at radius 2 is 2.00 bits per heavy atom. The predicted octanol–water partition coefficient (Wildman–Crippen LogP) is 3.91. The first kappa shape index (κ1) is 20.7. The summed E-state index contributed by atoms with van der Waals surface area (Å²) in [6.45, 7) is 6.70. The summed E-state index contributed by atoms with van der Waals surface area (Å²) in [7, 11) is 0. The van der Waals surface area contributed by atoms with E-state index in [4.69, 9.17) is 10.6 Å². The summed E-state index contributed by atoms with van der Waals surface area (Å²) in [4.78, 5) is 12.4. The normalized spacial score (nSPS) is 10.9. The molecule has 152 valence electrons. The Morgan fingerprint density at radius 1 is 1.21 bits per heavy atom. The molecule has 3 N–H and O–H groups in total. The Kier molecular flexibility index (Phi) is 6.77. The van der Waals surface area contributed by atoms with Gasteiger partial charge in [-0.1, -0.05) is 55.9 Å². The highest BCUT2D eigenvalue weighted by molar-refractivity contribution is 7.99. The largest absolute Gasteiger partial charge is 0.494 e. The molecule has 0 unspecified atom stereocenters. The zero-order valence-electron chi connectivity index (χ0n) is 16.8. The number of amides is 1. The summed E-state index contributed by atoms with van der Waals surface area (Å²) < 4.78 is 6.91. The van der Waals surface area contributed by atoms with Gasteiger partial charge in [0.25, 0.3) is 0 Å². The average molecular weight is 412 g/mol. The number of benzene rings is 2. The summed E-state index contributed by atoms with van der Waals surface area (Å²) in [5, 5.41) is 11.7. The van der Waals surface area contributed by atoms with Gasteiger partial charge in [-0.2, -0.15) is 0 Å². The number of carbonyl (C=O) groups is 1. The molecule has 0 fully saturated rings. The van der Waals surface area contributed by atoms with E-state index in [9.17, 15) is 4.79 Å². The molecule has 1 heterocycles. The lowest BCUT2D eigenvalue weighted by molar-refractivity contribution is -0.113. The number of thioether (sulfide) groups is 1. The first-order valence-corrected chi connectivity index (χ1v) is 10.4. The van der Waals surface area contributed by atoms with Crippen LogP contribution in [0.25, 0.3) is 11.4 Å². The molecule has 1 amide bonds. The summed E-state index contributed by atoms with van der Waals surface area (Å²) in [6.07, 6.45) is 0. The highest BCUT2D eigenvalue weighted by Crippen LogP contribution is 2.26. The number of ether oxygens (including phenoxy) is 1. The van der Waals surface area contributed by atoms with Crippen LogP contribution in [0.2, 0.25) is 0 Å². The van der Waals surface area contributed by atoms with Crippen LogP contribution in [0, 0.1) is 0 Å². The SMILES string of the molecule is CCOc1cccc(-c2nnc(SCC(=O)Nc3ccccc3C(C)C)n2N)c1. The zero-order chi connectivity index (χ0) is 20.8. The molecule has 29 heavy (non-hydrogen) atoms. The summed E-state index contributed by atoms with van der Waals surface area (Å²) >= 11 is 1.24. The highest BCUT2D eigenvalue weighted by Gasteiger charge is 2.15. The van der Waals surface area contributed by atoms with Gasteiger partial charge in [-0.25, -0.2) is 4.68 Å². The lowest BCUT2D eigenvalue weighted by Crippen LogP contribution is -2.17. The maximum Gasteiger partial charge on any atom is 0.234 e. The second-order valence-electron chi connectivity index (χ2n) is 6.72. The van der Waals surface area contributed by atoms with Crippen LogP contribution in [-0.2, 0) is 4.79 Å². The van der Waals surface area contributed by atoms with Crippen molar-refractivity contribution in [2.45, 2.75) is 31.8 Å². The van der Waals surface area contributed by atoms with Crippen LogP contribution < -0.4 is 15.9 Å². The molecular weight excluding hydrogens is 386 g/mol. The summed E-state index contributed by atoms with van der Waals surface area (Å²) in [5.41, 5.74) is 2.73. The molecule has 3 rings (SSSR count). The average Bonchev–Trinajstić information content (AvgIpc) is 3.07. The maximum atomic E-state index is 12.4. The smallest absolute Gasteiger partial charge is 0.234 e. The number of rotatable bonds is 8. The molecule has 7 nitrogen and oxygen atoms in total. The fraction of sp³-hybridized carbons (Fsp3) is 0.286. The number of nitrogen functional groups attached to an aromatic ring is 1. The van der Waals surface area contributed by atoms with Gasteiger partial charge in [-0.15, -0.1) is 10.2 Å². The molecule has 0 aliphatic heterocycles. The minimum Gasteiger partial charge on any atom is -0.494 e. The highest BCUT2D eigenvalue weighted by atomic mass is 32.2. The number of nitrogens with one attached hydrogen (secondary N) is 1. The van der Waals surface area contributed by atoms with Gasteiger partial charge in [0.05, 0.1) is 12.4 Å². The Labute approximate surface area is 174 Å². The number of hydrogen-bond donors (Lipinski definition) is 2. The van der Waals surface area contributed by atoms with E-state index < -0.39 is 0 Å². The second kappa shape index (κ2) is 9.47. The molecule has 0 saturated heterocycles. The van der Waals surface area contributed by atoms with E-state index in [2.05, 4.69) is 29.4 Å². The van der Waals surface area contributed by atoms with Gasteiger partial charge in [0, 0.05) is 11.3 Å². The first-order valence-electron chi connectivity index (χ1n) is 9.45. The molecular formula is C21H25N5O2S. The summed E-state index contributed by atoms with van der Waals surface area (Å²) in [6, 6.07) is 15.3. The van der Waals surface area contributed by atoms with Crippen LogP contribution in [0.1, 0.15) is 32.3 Å². The van der Waals surface area contributed by atoms with Crippen molar-refractivity contribution in [3.05, 3.63) is 54.1 Å². The second-order valence-corrected chi connectivity index (χ2v) is 7.66. The van der Waals surface area contributed by atoms with Crippen molar-refractivity contribution in [1.29, 1.82) is 0 Å². The maximum absolute atomic E-state index is 12.4. The molecule has 0 saturated carbocycles. The fourth-order valence-electron chi connectivity index (χ4n) is 2.89. The zero-order valence-corrected chi connectivity index (χ0v) is 17.6. The van der Waals surface area contributed by atoms with Crippen LogP contribution in [0.5, 0.6) is 5.75 Å². The molecule has 0 spiro atoms. The van der Waals surface area contributed by atoms with E-state index in [0.717, 1.165) is 22.6 Å². The van der Waals surface area contributed by atoms with Crippen molar-refractivity contribution < 1.29 is 9.53 Å². The number of hydrogen-bond acceptors (Lipinski definition) is 6. The molecule has 0 radical (unpaired) electrons. The molecule has 0 aliphatic carbocycles. The van der Waals surface area contributed by atoms with E-state index in [-0.39, 0.29) is 11.7 Å². The molecule has 0 aliphatic rings. The third-order valence-corrected chi connectivity index (χ3v) is 5.20. The molecule has 1 aromatic heterocycles. The van der Waals surface area contributed by atoms with E-state index in [0.29, 0.717) is 23.5 Å². The van der Waals surface area contributed by atoms with Gasteiger partial charge in [-0.3, -0.25) is 4.79 Å². The quantitative estimate of drug-likeness (QED) is 0.431. The van der Waals surface area contributed by atoms with Crippen LogP contribution in [-0.4, -0.2) is 33.1 Å². The number of nitrogens with two attached hydrogens (primary N) is 1. The van der Waals surface area contributed by atoms with E-state index in [1.807, 2.05) is 55.5 Å². The van der Waals surface area contributed by atoms with Crippen LogP contribution in [0.3, 0.4) is 0 Å². The number of aromatic nitrogens is 3. The van der Waals surface area contributed by atoms with E-state index in [1.165, 1.54) is 16.4 Å². The van der Waals surface area contributed by atoms with Gasteiger partial charge in [-0.05, 0) is 36.6 Å². The third kappa shape index (κ3) is 5.08. The Morgan fingerprint density at radius 3 is 2.76 bits per heavy atom. The van der Waals surface area contributed by atoms with Crippen molar-refractivity contribution in [3.8, 4) is 17.1 Å². The minimum atomic E-state index is -0.119. The molecule has 0 bridgehead atoms. The van der Waals surface area contributed by atoms with Crippen molar-refractivity contribution in [1.82, 2.24) is 14.9 Å². The van der Waals surface area contributed by atoms with Crippen LogP contribution in [0.4, 0.5) is 5.69 Å². The van der Waals surface area contributed by atoms with Crippen LogP contribution in [0.15, 0.2) is 53.7 Å². The standard InChI is InChI=1S/C21H25N5O2S/c1-4-28-16-9-7-8-15(12-16)20-24-25-21(26(20)22)29-13-19(27)23-18-11-6-5-10-17(18)14(2)3/h5-12,14H,4,13,22H2,1-3H3,(H,23,27). The fourth-order valence-corrected chi connectivity index (χ4v) is 3.55. The molecule has 3 aromatic rings. The number of anilines is 1. The predicted molar refractivity (Wildman–Crippen MR) is 117 cm³/mol. The molecule has 8 heteroatoms. The van der Waals surface area contributed by atoms with Gasteiger partial charge >= 0.3 is 0 Å². The monoisotopic (exact) mass is 411 g/mol. The number of nitrogens with zero attached hydrogens (tertiary/aromatic N) is 3. The topological polar surface area (TPSA) is 95.1 Å². The number of carbonyl (C=O) groups excluding carboxylic acids is 1. The van der Waals surface area contributed by atoms with Crippen molar-refractivity contribution in [2.75, 3.05) is 23.5 Å². The third-order valence-electron chi connectivity index (χ3n) is 4.26. The molecule has 2 aromatic carbocycles. The van der Waals surface area contributed by atoms with Gasteiger partial charge < -0.3 is 15.9 Å². The lowest BCUT2D eigenvalue weighted by Gasteiger charge is -2.13. The lowest BCUT2D eigenvalue weighted by atomic mass is 10.0. The van der Waals surface area contributed by atoms with Crippen molar-refractivity contribution in [3.63, 3.8) is 0 Å². The Balaban J connectivity index is 1.66. The molecule has 0 atom stereocenters. The first-order chi connectivity index (χ1) is 14.0. The van der Waals surface area contributed by atoms with Crippen molar-refractivity contribution in [2.24, 2.45) is 0 Å². The number of para-hydroxylation sites is 1. The minimum absolute atomic E-state index is 0.119. The Bertz CT molecular complexity index is 987.